The molecule has 0 saturated carbocycles. The first-order chi connectivity index (χ1) is 10.6. The number of carbonyl (C=O) groups excluding carboxylic acids is 1. The van der Waals surface area contributed by atoms with Crippen LogP contribution < -0.4 is 10.1 Å². The van der Waals surface area contributed by atoms with E-state index in [4.69, 9.17) is 13.9 Å². The molecule has 1 heterocycles. The van der Waals surface area contributed by atoms with Gasteiger partial charge >= 0.3 is 0 Å². The van der Waals surface area contributed by atoms with Gasteiger partial charge < -0.3 is 19.2 Å². The molecule has 118 valence electrons. The average molecular weight is 303 g/mol. The molecule has 0 aliphatic rings. The minimum absolute atomic E-state index is 0.255. The lowest BCUT2D eigenvalue weighted by Crippen LogP contribution is -2.26. The summed E-state index contributed by atoms with van der Waals surface area (Å²) in [7, 11) is 1.58. The lowest BCUT2D eigenvalue weighted by atomic mass is 10.1. The van der Waals surface area contributed by atoms with Crippen LogP contribution in [0.15, 0.2) is 34.7 Å². The third-order valence-electron chi connectivity index (χ3n) is 3.05. The number of methoxy groups -OCH3 is 1. The Morgan fingerprint density at radius 1 is 1.18 bits per heavy atom. The van der Waals surface area contributed by atoms with Crippen molar-refractivity contribution in [3.8, 4) is 5.75 Å². The van der Waals surface area contributed by atoms with Gasteiger partial charge in [-0.25, -0.2) is 0 Å². The van der Waals surface area contributed by atoms with Gasteiger partial charge in [0.05, 0.1) is 6.61 Å². The van der Waals surface area contributed by atoms with Gasteiger partial charge in [-0.05, 0) is 49.2 Å². The molecule has 1 amide bonds. The van der Waals surface area contributed by atoms with Gasteiger partial charge in [-0.2, -0.15) is 0 Å². The minimum Gasteiger partial charge on any atom is -0.486 e. The number of hydrogen-bond acceptors (Lipinski definition) is 4. The molecule has 0 unspecified atom stereocenters. The fourth-order valence-electron chi connectivity index (χ4n) is 2.10. The number of nitrogens with one attached hydrogen (secondary N) is 1. The summed E-state index contributed by atoms with van der Waals surface area (Å²) >= 11 is 0. The molecule has 22 heavy (non-hydrogen) atoms. The maximum Gasteiger partial charge on any atom is 0.287 e. The number of aryl methyl sites for hydroxylation is 2. The quantitative estimate of drug-likeness (QED) is 0.799. The number of ether oxygens (including phenoxy) is 2. The second kappa shape index (κ2) is 7.66. The fraction of sp³-hybridized carbons (Fsp3) is 0.353. The first kappa shape index (κ1) is 16.1. The highest BCUT2D eigenvalue weighted by molar-refractivity contribution is 5.91. The summed E-state index contributed by atoms with van der Waals surface area (Å²) in [6.07, 6.45) is 0. The molecule has 5 heteroatoms. The monoisotopic (exact) mass is 303 g/mol. The topological polar surface area (TPSA) is 60.7 Å². The Hall–Kier alpha value is -2.27. The number of carbonyl (C=O) groups is 1. The van der Waals surface area contributed by atoms with E-state index < -0.39 is 0 Å². The van der Waals surface area contributed by atoms with E-state index in [1.807, 2.05) is 26.0 Å². The summed E-state index contributed by atoms with van der Waals surface area (Å²) in [6.45, 7) is 5.25. The van der Waals surface area contributed by atoms with Gasteiger partial charge in [-0.1, -0.05) is 6.07 Å². The second-order valence-corrected chi connectivity index (χ2v) is 5.13. The molecule has 1 aromatic carbocycles. The Morgan fingerprint density at radius 3 is 2.59 bits per heavy atom. The van der Waals surface area contributed by atoms with Crippen LogP contribution in [-0.4, -0.2) is 26.2 Å². The van der Waals surface area contributed by atoms with Crippen molar-refractivity contribution in [2.45, 2.75) is 20.5 Å². The molecular formula is C17H21NO4. The van der Waals surface area contributed by atoms with Crippen molar-refractivity contribution in [1.29, 1.82) is 0 Å². The summed E-state index contributed by atoms with van der Waals surface area (Å²) in [4.78, 5) is 11.8. The Balaban J connectivity index is 1.90. The number of hydrogen-bond donors (Lipinski definition) is 1. The van der Waals surface area contributed by atoms with Crippen molar-refractivity contribution in [3.05, 3.63) is 53.0 Å². The predicted octanol–water partition coefficient (Wildman–Crippen LogP) is 2.85. The van der Waals surface area contributed by atoms with E-state index in [2.05, 4.69) is 11.4 Å². The molecule has 0 fully saturated rings. The van der Waals surface area contributed by atoms with Crippen molar-refractivity contribution < 1.29 is 18.7 Å². The normalized spacial score (nSPS) is 10.5. The summed E-state index contributed by atoms with van der Waals surface area (Å²) in [5.41, 5.74) is 2.29. The Kier molecular flexibility index (Phi) is 5.61. The maximum atomic E-state index is 11.8. The molecule has 5 nitrogen and oxygen atoms in total. The third kappa shape index (κ3) is 4.63. The molecule has 0 spiro atoms. The zero-order valence-electron chi connectivity index (χ0n) is 13.1. The average Bonchev–Trinajstić information content (AvgIpc) is 2.93. The molecule has 2 aromatic rings. The standard InChI is InChI=1S/C17H21NO4/c1-12-8-13(2)10-15(9-12)21-11-14-4-5-16(22-14)17(19)18-6-7-20-3/h4-5,8-10H,6-7,11H2,1-3H3,(H,18,19). The van der Waals surface area contributed by atoms with Gasteiger partial charge in [-0.3, -0.25) is 4.79 Å². The molecule has 0 aliphatic heterocycles. The smallest absolute Gasteiger partial charge is 0.287 e. The van der Waals surface area contributed by atoms with E-state index >= 15 is 0 Å². The SMILES string of the molecule is COCCNC(=O)c1ccc(COc2cc(C)cc(C)c2)o1. The minimum atomic E-state index is -0.255. The summed E-state index contributed by atoms with van der Waals surface area (Å²) in [5.74, 6) is 1.42. The molecule has 1 N–H and O–H groups in total. The summed E-state index contributed by atoms with van der Waals surface area (Å²) in [5, 5.41) is 2.70. The Bertz CT molecular complexity index is 613. The molecule has 0 saturated heterocycles. The molecule has 1 aromatic heterocycles. The van der Waals surface area contributed by atoms with Crippen LogP contribution in [0.4, 0.5) is 0 Å². The van der Waals surface area contributed by atoms with E-state index in [9.17, 15) is 4.79 Å². The zero-order valence-corrected chi connectivity index (χ0v) is 13.1. The van der Waals surface area contributed by atoms with Crippen LogP contribution in [0.25, 0.3) is 0 Å². The number of amides is 1. The third-order valence-corrected chi connectivity index (χ3v) is 3.05. The van der Waals surface area contributed by atoms with E-state index in [-0.39, 0.29) is 18.3 Å². The first-order valence-corrected chi connectivity index (χ1v) is 7.15. The van der Waals surface area contributed by atoms with Crippen LogP contribution in [0.5, 0.6) is 5.75 Å². The lowest BCUT2D eigenvalue weighted by Gasteiger charge is -2.06. The molecular weight excluding hydrogens is 282 g/mol. The van der Waals surface area contributed by atoms with Crippen molar-refractivity contribution in [1.82, 2.24) is 5.32 Å². The van der Waals surface area contributed by atoms with Crippen LogP contribution in [0.3, 0.4) is 0 Å². The molecule has 2 rings (SSSR count). The van der Waals surface area contributed by atoms with Crippen molar-refractivity contribution in [3.63, 3.8) is 0 Å². The highest BCUT2D eigenvalue weighted by Crippen LogP contribution is 2.18. The molecule has 0 bridgehead atoms. The first-order valence-electron chi connectivity index (χ1n) is 7.15. The van der Waals surface area contributed by atoms with Gasteiger partial charge in [0.25, 0.3) is 5.91 Å². The van der Waals surface area contributed by atoms with Crippen LogP contribution in [-0.2, 0) is 11.3 Å². The Labute approximate surface area is 130 Å². The van der Waals surface area contributed by atoms with Crippen LogP contribution in [0.2, 0.25) is 0 Å². The van der Waals surface area contributed by atoms with Gasteiger partial charge in [0.2, 0.25) is 0 Å². The van der Waals surface area contributed by atoms with E-state index in [0.717, 1.165) is 16.9 Å². The van der Waals surface area contributed by atoms with Crippen LogP contribution in [0, 0.1) is 13.8 Å². The lowest BCUT2D eigenvalue weighted by molar-refractivity contribution is 0.0905. The number of furan rings is 1. The molecule has 0 atom stereocenters. The maximum absolute atomic E-state index is 11.8. The van der Waals surface area contributed by atoms with Gasteiger partial charge in [-0.15, -0.1) is 0 Å². The largest absolute Gasteiger partial charge is 0.486 e. The summed E-state index contributed by atoms with van der Waals surface area (Å²) in [6, 6.07) is 9.40. The fourth-order valence-corrected chi connectivity index (χ4v) is 2.10. The number of rotatable bonds is 7. The predicted molar refractivity (Wildman–Crippen MR) is 83.2 cm³/mol. The highest BCUT2D eigenvalue weighted by Gasteiger charge is 2.11. The van der Waals surface area contributed by atoms with Crippen LogP contribution >= 0.6 is 0 Å². The summed E-state index contributed by atoms with van der Waals surface area (Å²) < 4.78 is 16.1. The highest BCUT2D eigenvalue weighted by atomic mass is 16.5. The second-order valence-electron chi connectivity index (χ2n) is 5.13. The van der Waals surface area contributed by atoms with E-state index in [1.54, 1.807) is 19.2 Å². The van der Waals surface area contributed by atoms with Crippen LogP contribution in [0.1, 0.15) is 27.4 Å². The van der Waals surface area contributed by atoms with Crippen molar-refractivity contribution >= 4 is 5.91 Å². The zero-order chi connectivity index (χ0) is 15.9. The van der Waals surface area contributed by atoms with Gasteiger partial charge in [0.15, 0.2) is 5.76 Å². The van der Waals surface area contributed by atoms with Crippen molar-refractivity contribution in [2.24, 2.45) is 0 Å². The molecule has 0 aliphatic carbocycles. The van der Waals surface area contributed by atoms with E-state index in [1.165, 1.54) is 0 Å². The molecule has 0 radical (unpaired) electrons. The Morgan fingerprint density at radius 2 is 1.91 bits per heavy atom. The van der Waals surface area contributed by atoms with E-state index in [0.29, 0.717) is 18.9 Å². The van der Waals surface area contributed by atoms with Crippen molar-refractivity contribution in [2.75, 3.05) is 20.3 Å². The van der Waals surface area contributed by atoms with Gasteiger partial charge in [0, 0.05) is 13.7 Å². The number of benzene rings is 1. The van der Waals surface area contributed by atoms with Gasteiger partial charge in [0.1, 0.15) is 18.1 Å².